The summed E-state index contributed by atoms with van der Waals surface area (Å²) in [5.74, 6) is 0. The van der Waals surface area contributed by atoms with Gasteiger partial charge in [0.15, 0.2) is 0 Å². The summed E-state index contributed by atoms with van der Waals surface area (Å²) in [6.07, 6.45) is 0. The summed E-state index contributed by atoms with van der Waals surface area (Å²) < 4.78 is 4.79. The highest BCUT2D eigenvalue weighted by atomic mass is 32.1. The Labute approximate surface area is 44.1 Å². The molecule has 0 spiro atoms. The predicted molar refractivity (Wildman–Crippen MR) is 29.8 cm³/mol. The van der Waals surface area contributed by atoms with E-state index in [0.29, 0.717) is 6.61 Å². The first kappa shape index (κ1) is 6.31. The van der Waals surface area contributed by atoms with E-state index in [1.54, 1.807) is 0 Å². The summed E-state index contributed by atoms with van der Waals surface area (Å²) in [6.45, 7) is 6.07. The van der Waals surface area contributed by atoms with E-state index in [4.69, 9.17) is 4.74 Å². The van der Waals surface area contributed by atoms with Gasteiger partial charge in [-0.25, -0.2) is 0 Å². The van der Waals surface area contributed by atoms with Crippen LogP contribution in [0.25, 0.3) is 0 Å². The molecule has 0 heterocycles. The van der Waals surface area contributed by atoms with Gasteiger partial charge in [0.2, 0.25) is 0 Å². The molecule has 0 amide bonds. The number of hydrogen-bond donors (Lipinski definition) is 1. The van der Waals surface area contributed by atoms with E-state index in [1.165, 1.54) is 0 Å². The lowest BCUT2D eigenvalue weighted by Gasteiger charge is -1.99. The molecular weight excluding hydrogens is 96.1 g/mol. The monoisotopic (exact) mass is 105 g/mol. The molecule has 0 saturated heterocycles. The van der Waals surface area contributed by atoms with Gasteiger partial charge < -0.3 is 4.74 Å². The third-order valence-electron chi connectivity index (χ3n) is 0.359. The van der Waals surface area contributed by atoms with Crippen LogP contribution in [0.4, 0.5) is 0 Å². The zero-order valence-electron chi connectivity index (χ0n) is 3.85. The SMILES string of the molecule is [CH2]C(S)OCC. The van der Waals surface area contributed by atoms with Crippen molar-refractivity contribution in [1.82, 2.24) is 0 Å². The van der Waals surface area contributed by atoms with Crippen LogP contribution in [0, 0.1) is 6.92 Å². The summed E-state index contributed by atoms with van der Waals surface area (Å²) in [4.78, 5) is 0. The van der Waals surface area contributed by atoms with Crippen molar-refractivity contribution in [3.05, 3.63) is 6.92 Å². The number of ether oxygens (including phenoxy) is 1. The molecule has 0 aromatic carbocycles. The highest BCUT2D eigenvalue weighted by Gasteiger charge is 1.85. The Morgan fingerprint density at radius 2 is 2.50 bits per heavy atom. The van der Waals surface area contributed by atoms with Crippen molar-refractivity contribution in [2.75, 3.05) is 6.61 Å². The van der Waals surface area contributed by atoms with Crippen LogP contribution in [0.3, 0.4) is 0 Å². The molecule has 0 bridgehead atoms. The third-order valence-corrected chi connectivity index (χ3v) is 0.508. The van der Waals surface area contributed by atoms with E-state index in [0.717, 1.165) is 0 Å². The first-order chi connectivity index (χ1) is 2.77. The standard InChI is InChI=1S/C4H9OS/c1-3-5-4(2)6/h4,6H,2-3H2,1H3. The lowest BCUT2D eigenvalue weighted by molar-refractivity contribution is 0.154. The van der Waals surface area contributed by atoms with Gasteiger partial charge in [-0.05, 0) is 13.8 Å². The normalized spacial score (nSPS) is 14.5. The van der Waals surface area contributed by atoms with Crippen molar-refractivity contribution in [3.63, 3.8) is 0 Å². The minimum atomic E-state index is -0.157. The second kappa shape index (κ2) is 3.50. The molecule has 1 unspecified atom stereocenters. The van der Waals surface area contributed by atoms with E-state index < -0.39 is 0 Å². The third kappa shape index (κ3) is 4.31. The molecule has 0 fully saturated rings. The van der Waals surface area contributed by atoms with Gasteiger partial charge in [-0.15, -0.1) is 12.6 Å². The molecule has 1 radical (unpaired) electrons. The van der Waals surface area contributed by atoms with Crippen molar-refractivity contribution in [2.45, 2.75) is 12.4 Å². The zero-order chi connectivity index (χ0) is 4.99. The van der Waals surface area contributed by atoms with Crippen LogP contribution in [0.15, 0.2) is 0 Å². The molecule has 1 nitrogen and oxygen atoms in total. The zero-order valence-corrected chi connectivity index (χ0v) is 4.74. The Kier molecular flexibility index (Phi) is 3.68. The van der Waals surface area contributed by atoms with Crippen LogP contribution < -0.4 is 0 Å². The smallest absolute Gasteiger partial charge is 0.100 e. The van der Waals surface area contributed by atoms with Gasteiger partial charge in [0.25, 0.3) is 0 Å². The average Bonchev–Trinajstić information content (AvgIpc) is 1.35. The summed E-state index contributed by atoms with van der Waals surface area (Å²) in [5, 5.41) is 0. The molecule has 6 heavy (non-hydrogen) atoms. The van der Waals surface area contributed by atoms with Crippen LogP contribution in [0.2, 0.25) is 0 Å². The van der Waals surface area contributed by atoms with Crippen LogP contribution in [0.1, 0.15) is 6.92 Å². The van der Waals surface area contributed by atoms with Gasteiger partial charge in [0.1, 0.15) is 5.44 Å². The van der Waals surface area contributed by atoms with Crippen LogP contribution in [-0.2, 0) is 4.74 Å². The van der Waals surface area contributed by atoms with Gasteiger partial charge in [0.05, 0.1) is 0 Å². The molecule has 2 heteroatoms. The quantitative estimate of drug-likeness (QED) is 0.409. The molecule has 0 aliphatic carbocycles. The lowest BCUT2D eigenvalue weighted by atomic mass is 10.8. The highest BCUT2D eigenvalue weighted by molar-refractivity contribution is 7.80. The van der Waals surface area contributed by atoms with Crippen LogP contribution in [0.5, 0.6) is 0 Å². The predicted octanol–water partition coefficient (Wildman–Crippen LogP) is 1.11. The molecule has 0 aromatic heterocycles. The molecular formula is C4H9OS. The largest absolute Gasteiger partial charge is 0.368 e. The van der Waals surface area contributed by atoms with Gasteiger partial charge in [-0.3, -0.25) is 0 Å². The highest BCUT2D eigenvalue weighted by Crippen LogP contribution is 1.90. The molecule has 1 atom stereocenters. The molecule has 0 aliphatic heterocycles. The van der Waals surface area contributed by atoms with Gasteiger partial charge in [-0.2, -0.15) is 0 Å². The van der Waals surface area contributed by atoms with Crippen LogP contribution >= 0.6 is 12.6 Å². The summed E-state index contributed by atoms with van der Waals surface area (Å²) >= 11 is 3.84. The first-order valence-electron chi connectivity index (χ1n) is 1.90. The number of hydrogen-bond acceptors (Lipinski definition) is 2. The fourth-order valence-electron chi connectivity index (χ4n) is 0.192. The molecule has 0 aromatic rings. The van der Waals surface area contributed by atoms with Gasteiger partial charge in [0, 0.05) is 6.61 Å². The topological polar surface area (TPSA) is 9.23 Å². The van der Waals surface area contributed by atoms with Crippen LogP contribution in [-0.4, -0.2) is 12.0 Å². The maximum atomic E-state index is 4.79. The van der Waals surface area contributed by atoms with Crippen molar-refractivity contribution in [3.8, 4) is 0 Å². The van der Waals surface area contributed by atoms with E-state index in [-0.39, 0.29) is 5.44 Å². The Bertz CT molecular complexity index is 28.7. The second-order valence-corrected chi connectivity index (χ2v) is 1.49. The Morgan fingerprint density at radius 1 is 2.00 bits per heavy atom. The molecule has 0 rings (SSSR count). The fraction of sp³-hybridized carbons (Fsp3) is 0.750. The van der Waals surface area contributed by atoms with Gasteiger partial charge in [-0.1, -0.05) is 0 Å². The molecule has 0 N–H and O–H groups in total. The summed E-state index contributed by atoms with van der Waals surface area (Å²) in [7, 11) is 0. The van der Waals surface area contributed by atoms with E-state index in [1.807, 2.05) is 6.92 Å². The lowest BCUT2D eigenvalue weighted by Crippen LogP contribution is -1.97. The molecule has 0 aliphatic rings. The fourth-order valence-corrected chi connectivity index (χ4v) is 0.341. The van der Waals surface area contributed by atoms with Crippen molar-refractivity contribution in [1.29, 1.82) is 0 Å². The number of rotatable bonds is 2. The number of thiol groups is 1. The summed E-state index contributed by atoms with van der Waals surface area (Å²) in [6, 6.07) is 0. The summed E-state index contributed by atoms with van der Waals surface area (Å²) in [5.41, 5.74) is -0.157. The van der Waals surface area contributed by atoms with Crippen molar-refractivity contribution < 1.29 is 4.74 Å². The maximum absolute atomic E-state index is 4.79. The minimum Gasteiger partial charge on any atom is -0.368 e. The maximum Gasteiger partial charge on any atom is 0.100 e. The molecule has 37 valence electrons. The van der Waals surface area contributed by atoms with E-state index in [9.17, 15) is 0 Å². The van der Waals surface area contributed by atoms with Crippen molar-refractivity contribution >= 4 is 12.6 Å². The average molecular weight is 105 g/mol. The Hall–Kier alpha value is 0.310. The van der Waals surface area contributed by atoms with E-state index in [2.05, 4.69) is 19.6 Å². The Morgan fingerprint density at radius 3 is 2.50 bits per heavy atom. The Balaban J connectivity index is 2.63. The van der Waals surface area contributed by atoms with Crippen molar-refractivity contribution in [2.24, 2.45) is 0 Å². The minimum absolute atomic E-state index is 0.157. The first-order valence-corrected chi connectivity index (χ1v) is 2.41. The second-order valence-electron chi connectivity index (χ2n) is 0.910. The van der Waals surface area contributed by atoms with Gasteiger partial charge >= 0.3 is 0 Å². The van der Waals surface area contributed by atoms with E-state index >= 15 is 0 Å². The molecule has 0 saturated carbocycles.